The van der Waals surface area contributed by atoms with Crippen molar-refractivity contribution >= 4 is 33.0 Å². The van der Waals surface area contributed by atoms with E-state index in [9.17, 15) is 4.79 Å². The Morgan fingerprint density at radius 1 is 1.73 bits per heavy atom. The molecule has 0 radical (unpaired) electrons. The van der Waals surface area contributed by atoms with E-state index >= 15 is 0 Å². The summed E-state index contributed by atoms with van der Waals surface area (Å²) < 4.78 is 0.876. The molecule has 1 aromatic rings. The van der Waals surface area contributed by atoms with Gasteiger partial charge in [-0.3, -0.25) is 4.79 Å². The van der Waals surface area contributed by atoms with E-state index in [1.807, 2.05) is 11.4 Å². The van der Waals surface area contributed by atoms with Gasteiger partial charge in [-0.2, -0.15) is 0 Å². The van der Waals surface area contributed by atoms with Crippen LogP contribution in [0.25, 0.3) is 0 Å². The third-order valence-corrected chi connectivity index (χ3v) is 3.12. The number of halogens is 1. The number of hydrogen-bond acceptors (Lipinski definition) is 3. The zero-order chi connectivity index (χ0) is 8.27. The molecule has 0 aliphatic rings. The van der Waals surface area contributed by atoms with Crippen molar-refractivity contribution in [1.82, 2.24) is 0 Å². The largest absolute Gasteiger partial charge is 0.330 e. The maximum Gasteiger partial charge on any atom is 0.175 e. The van der Waals surface area contributed by atoms with E-state index in [2.05, 4.69) is 15.9 Å². The van der Waals surface area contributed by atoms with Gasteiger partial charge >= 0.3 is 0 Å². The first-order valence-corrected chi connectivity index (χ1v) is 4.89. The van der Waals surface area contributed by atoms with Crippen molar-refractivity contribution in [2.75, 3.05) is 6.54 Å². The summed E-state index contributed by atoms with van der Waals surface area (Å²) in [4.78, 5) is 12.0. The van der Waals surface area contributed by atoms with Crippen LogP contribution in [-0.2, 0) is 0 Å². The fraction of sp³-hybridized carbons (Fsp3) is 0.286. The van der Waals surface area contributed by atoms with Crippen LogP contribution in [0.3, 0.4) is 0 Å². The predicted octanol–water partition coefficient (Wildman–Crippen LogP) is 2.04. The van der Waals surface area contributed by atoms with Crippen LogP contribution in [0.1, 0.15) is 16.1 Å². The van der Waals surface area contributed by atoms with E-state index in [4.69, 9.17) is 5.73 Å². The Balaban J connectivity index is 2.76. The molecule has 0 saturated heterocycles. The Morgan fingerprint density at radius 2 is 2.45 bits per heavy atom. The molecule has 0 fully saturated rings. The van der Waals surface area contributed by atoms with Crippen LogP contribution in [0.5, 0.6) is 0 Å². The number of carbonyl (C=O) groups excluding carboxylic acids is 1. The number of Topliss-reactive ketones (excluding diaryl/α,β-unsaturated/α-hetero) is 1. The Kier molecular flexibility index (Phi) is 3.23. The van der Waals surface area contributed by atoms with Crippen molar-refractivity contribution in [2.24, 2.45) is 5.73 Å². The molecule has 4 heteroatoms. The van der Waals surface area contributed by atoms with Crippen LogP contribution in [0.4, 0.5) is 0 Å². The van der Waals surface area contributed by atoms with Crippen LogP contribution < -0.4 is 5.73 Å². The van der Waals surface area contributed by atoms with Gasteiger partial charge in [0.2, 0.25) is 0 Å². The number of rotatable bonds is 3. The summed E-state index contributed by atoms with van der Waals surface area (Å²) in [5.41, 5.74) is 5.25. The summed E-state index contributed by atoms with van der Waals surface area (Å²) in [5.74, 6) is 0.120. The van der Waals surface area contributed by atoms with Crippen LogP contribution in [0, 0.1) is 0 Å². The molecule has 2 nitrogen and oxygen atoms in total. The molecule has 1 rings (SSSR count). The second kappa shape index (κ2) is 3.99. The normalized spacial score (nSPS) is 10.0. The van der Waals surface area contributed by atoms with Gasteiger partial charge in [0.15, 0.2) is 5.78 Å². The monoisotopic (exact) mass is 233 g/mol. The topological polar surface area (TPSA) is 43.1 Å². The number of hydrogen-bond donors (Lipinski definition) is 1. The molecule has 0 spiro atoms. The first kappa shape index (κ1) is 8.90. The molecule has 0 atom stereocenters. The minimum atomic E-state index is 0.120. The second-order valence-corrected chi connectivity index (χ2v) is 3.83. The van der Waals surface area contributed by atoms with Crippen molar-refractivity contribution in [3.63, 3.8) is 0 Å². The van der Waals surface area contributed by atoms with E-state index in [0.717, 1.165) is 9.35 Å². The van der Waals surface area contributed by atoms with Crippen molar-refractivity contribution < 1.29 is 4.79 Å². The zero-order valence-electron chi connectivity index (χ0n) is 5.84. The van der Waals surface area contributed by atoms with Gasteiger partial charge in [0, 0.05) is 10.9 Å². The summed E-state index contributed by atoms with van der Waals surface area (Å²) in [5, 5.41) is 1.88. The Labute approximate surface area is 77.5 Å². The lowest BCUT2D eigenvalue weighted by molar-refractivity contribution is 0.0988. The SMILES string of the molecule is NCCC(=O)c1sccc1Br. The van der Waals surface area contributed by atoms with E-state index in [0.29, 0.717) is 13.0 Å². The maximum absolute atomic E-state index is 11.2. The maximum atomic E-state index is 11.2. The van der Waals surface area contributed by atoms with E-state index in [1.165, 1.54) is 11.3 Å². The minimum absolute atomic E-state index is 0.120. The highest BCUT2D eigenvalue weighted by Gasteiger charge is 2.09. The molecule has 0 aliphatic carbocycles. The lowest BCUT2D eigenvalue weighted by atomic mass is 10.2. The van der Waals surface area contributed by atoms with Gasteiger partial charge in [0.25, 0.3) is 0 Å². The van der Waals surface area contributed by atoms with Crippen molar-refractivity contribution in [2.45, 2.75) is 6.42 Å². The zero-order valence-corrected chi connectivity index (χ0v) is 8.24. The quantitative estimate of drug-likeness (QED) is 0.813. The molecule has 0 unspecified atom stereocenters. The van der Waals surface area contributed by atoms with Gasteiger partial charge in [0.05, 0.1) is 4.88 Å². The van der Waals surface area contributed by atoms with Crippen LogP contribution in [0.2, 0.25) is 0 Å². The highest BCUT2D eigenvalue weighted by atomic mass is 79.9. The average Bonchev–Trinajstić information content (AvgIpc) is 2.36. The lowest BCUT2D eigenvalue weighted by Gasteiger charge is -1.93. The summed E-state index contributed by atoms with van der Waals surface area (Å²) in [7, 11) is 0. The van der Waals surface area contributed by atoms with Gasteiger partial charge in [-0.25, -0.2) is 0 Å². The van der Waals surface area contributed by atoms with E-state index in [1.54, 1.807) is 0 Å². The van der Waals surface area contributed by atoms with Crippen molar-refractivity contribution in [1.29, 1.82) is 0 Å². The molecule has 1 aromatic heterocycles. The molecule has 0 bridgehead atoms. The second-order valence-electron chi connectivity index (χ2n) is 2.06. The smallest absolute Gasteiger partial charge is 0.175 e. The van der Waals surface area contributed by atoms with Crippen LogP contribution in [-0.4, -0.2) is 12.3 Å². The number of thiophene rings is 1. The Morgan fingerprint density at radius 3 is 2.91 bits per heavy atom. The highest BCUT2D eigenvalue weighted by Crippen LogP contribution is 2.23. The van der Waals surface area contributed by atoms with Gasteiger partial charge in [0.1, 0.15) is 0 Å². The van der Waals surface area contributed by atoms with E-state index < -0.39 is 0 Å². The van der Waals surface area contributed by atoms with Crippen LogP contribution >= 0.6 is 27.3 Å². The fourth-order valence-electron chi connectivity index (χ4n) is 0.737. The molecular formula is C7H8BrNOS. The summed E-state index contributed by atoms with van der Waals surface area (Å²) in [6, 6.07) is 1.87. The van der Waals surface area contributed by atoms with Gasteiger partial charge in [-0.1, -0.05) is 0 Å². The first-order valence-electron chi connectivity index (χ1n) is 3.22. The molecule has 0 amide bonds. The molecule has 60 valence electrons. The third kappa shape index (κ3) is 2.12. The van der Waals surface area contributed by atoms with Crippen molar-refractivity contribution in [3.8, 4) is 0 Å². The summed E-state index contributed by atoms with van der Waals surface area (Å²) in [6.45, 7) is 0.420. The average molecular weight is 234 g/mol. The molecule has 0 aliphatic heterocycles. The fourth-order valence-corrected chi connectivity index (χ4v) is 2.30. The first-order chi connectivity index (χ1) is 5.25. The summed E-state index contributed by atoms with van der Waals surface area (Å²) >= 11 is 4.73. The standard InChI is InChI=1S/C7H8BrNOS/c8-5-2-4-11-7(5)6(10)1-3-9/h2,4H,1,3,9H2. The molecule has 0 aromatic carbocycles. The number of ketones is 1. The van der Waals surface area contributed by atoms with Gasteiger partial charge < -0.3 is 5.73 Å². The molecule has 11 heavy (non-hydrogen) atoms. The van der Waals surface area contributed by atoms with Crippen molar-refractivity contribution in [3.05, 3.63) is 20.8 Å². The van der Waals surface area contributed by atoms with Gasteiger partial charge in [-0.05, 0) is 33.9 Å². The number of nitrogens with two attached hydrogens (primary N) is 1. The van der Waals surface area contributed by atoms with E-state index in [-0.39, 0.29) is 5.78 Å². The Bertz CT molecular complexity index is 259. The molecular weight excluding hydrogens is 226 g/mol. The highest BCUT2D eigenvalue weighted by molar-refractivity contribution is 9.10. The van der Waals surface area contributed by atoms with Gasteiger partial charge in [-0.15, -0.1) is 11.3 Å². The minimum Gasteiger partial charge on any atom is -0.330 e. The summed E-state index contributed by atoms with van der Waals surface area (Å²) in [6.07, 6.45) is 0.430. The molecule has 0 saturated carbocycles. The molecule has 1 heterocycles. The number of carbonyl (C=O) groups is 1. The molecule has 2 N–H and O–H groups in total. The third-order valence-electron chi connectivity index (χ3n) is 1.24. The lowest BCUT2D eigenvalue weighted by Crippen LogP contribution is -2.06. The Hall–Kier alpha value is -0.190. The predicted molar refractivity (Wildman–Crippen MR) is 50.0 cm³/mol. The van der Waals surface area contributed by atoms with Crippen LogP contribution in [0.15, 0.2) is 15.9 Å².